The van der Waals surface area contributed by atoms with Gasteiger partial charge in [-0.15, -0.1) is 0 Å². The zero-order valence-electron chi connectivity index (χ0n) is 24.0. The third-order valence-corrected chi connectivity index (χ3v) is 7.55. The Morgan fingerprint density at radius 2 is 1.63 bits per heavy atom. The van der Waals surface area contributed by atoms with Gasteiger partial charge in [-0.05, 0) is 65.0 Å². The first-order valence-electron chi connectivity index (χ1n) is 14.4. The molecule has 41 heavy (non-hydrogen) atoms. The molecule has 2 aliphatic heterocycles. The lowest BCUT2D eigenvalue weighted by Crippen LogP contribution is -2.50. The summed E-state index contributed by atoms with van der Waals surface area (Å²) in [7, 11) is 0. The molecule has 0 N–H and O–H groups in total. The number of piperidine rings is 1. The Bertz CT molecular complexity index is 1260. The summed E-state index contributed by atoms with van der Waals surface area (Å²) in [6.07, 6.45) is 6.60. The lowest BCUT2D eigenvalue weighted by Gasteiger charge is -2.39. The van der Waals surface area contributed by atoms with E-state index in [2.05, 4.69) is 9.97 Å². The SMILES string of the molecule is CC(C)(C)OC(=O)N1CCC(N(C(=O)c2cnc(-c3ccc(C(=O)N4CCCOCC4)c(F)c3)nc2)C2CC2)CC1. The molecule has 10 nitrogen and oxygen atoms in total. The number of ether oxygens (including phenoxy) is 2. The molecule has 0 radical (unpaired) electrons. The van der Waals surface area contributed by atoms with E-state index in [0.29, 0.717) is 69.8 Å². The van der Waals surface area contributed by atoms with E-state index in [4.69, 9.17) is 9.47 Å². The molecule has 2 saturated heterocycles. The van der Waals surface area contributed by atoms with Gasteiger partial charge < -0.3 is 24.2 Å². The molecule has 0 atom stereocenters. The number of carbonyl (C=O) groups excluding carboxylic acids is 3. The van der Waals surface area contributed by atoms with Crippen LogP contribution in [0.15, 0.2) is 30.6 Å². The van der Waals surface area contributed by atoms with Gasteiger partial charge >= 0.3 is 6.09 Å². The summed E-state index contributed by atoms with van der Waals surface area (Å²) in [6, 6.07) is 4.53. The number of benzene rings is 1. The van der Waals surface area contributed by atoms with Crippen LogP contribution in [0.1, 0.15) is 73.6 Å². The number of amides is 3. The Hall–Kier alpha value is -3.60. The monoisotopic (exact) mass is 567 g/mol. The van der Waals surface area contributed by atoms with Gasteiger partial charge in [-0.1, -0.05) is 6.07 Å². The number of aromatic nitrogens is 2. The van der Waals surface area contributed by atoms with Gasteiger partial charge in [0.2, 0.25) is 0 Å². The third-order valence-electron chi connectivity index (χ3n) is 7.55. The molecule has 0 unspecified atom stereocenters. The van der Waals surface area contributed by atoms with Crippen LogP contribution in [-0.4, -0.2) is 99.7 Å². The van der Waals surface area contributed by atoms with E-state index in [-0.39, 0.29) is 41.4 Å². The van der Waals surface area contributed by atoms with Crippen LogP contribution in [0.25, 0.3) is 11.4 Å². The molecular formula is C30H38FN5O5. The molecule has 1 saturated carbocycles. The fourth-order valence-corrected chi connectivity index (χ4v) is 5.32. The minimum Gasteiger partial charge on any atom is -0.444 e. The summed E-state index contributed by atoms with van der Waals surface area (Å²) in [5.74, 6) is -0.868. The molecule has 11 heteroatoms. The predicted octanol–water partition coefficient (Wildman–Crippen LogP) is 4.15. The van der Waals surface area contributed by atoms with Gasteiger partial charge in [0, 0.05) is 62.8 Å². The van der Waals surface area contributed by atoms with E-state index in [9.17, 15) is 18.8 Å². The van der Waals surface area contributed by atoms with Gasteiger partial charge in [-0.25, -0.2) is 19.2 Å². The molecule has 3 amide bonds. The maximum atomic E-state index is 15.0. The van der Waals surface area contributed by atoms with Gasteiger partial charge in [-0.3, -0.25) is 9.59 Å². The molecule has 3 fully saturated rings. The molecule has 0 bridgehead atoms. The average molecular weight is 568 g/mol. The van der Waals surface area contributed by atoms with Gasteiger partial charge in [0.1, 0.15) is 11.4 Å². The van der Waals surface area contributed by atoms with E-state index in [1.54, 1.807) is 15.9 Å². The van der Waals surface area contributed by atoms with Crippen LogP contribution in [0.4, 0.5) is 9.18 Å². The van der Waals surface area contributed by atoms with Crippen molar-refractivity contribution in [2.45, 2.75) is 70.6 Å². The molecule has 1 aromatic carbocycles. The molecule has 3 heterocycles. The van der Waals surface area contributed by atoms with Gasteiger partial charge in [-0.2, -0.15) is 0 Å². The quantitative estimate of drug-likeness (QED) is 0.535. The number of hydrogen-bond donors (Lipinski definition) is 0. The second kappa shape index (κ2) is 12.1. The molecule has 5 rings (SSSR count). The largest absolute Gasteiger partial charge is 0.444 e. The van der Waals surface area contributed by atoms with E-state index < -0.39 is 11.4 Å². The molecule has 2 aromatic rings. The maximum absolute atomic E-state index is 15.0. The van der Waals surface area contributed by atoms with E-state index >= 15 is 0 Å². The highest BCUT2D eigenvalue weighted by Crippen LogP contribution is 2.33. The van der Waals surface area contributed by atoms with Gasteiger partial charge in [0.05, 0.1) is 17.7 Å². The first-order valence-corrected chi connectivity index (χ1v) is 14.4. The predicted molar refractivity (Wildman–Crippen MR) is 149 cm³/mol. The summed E-state index contributed by atoms with van der Waals surface area (Å²) in [5, 5.41) is 0. The lowest BCUT2D eigenvalue weighted by atomic mass is 10.0. The van der Waals surface area contributed by atoms with Crippen LogP contribution in [0.2, 0.25) is 0 Å². The van der Waals surface area contributed by atoms with Crippen LogP contribution in [0, 0.1) is 5.82 Å². The summed E-state index contributed by atoms with van der Waals surface area (Å²) in [4.78, 5) is 52.8. The van der Waals surface area contributed by atoms with Crippen LogP contribution < -0.4 is 0 Å². The first kappa shape index (κ1) is 28.9. The molecular weight excluding hydrogens is 529 g/mol. The summed E-state index contributed by atoms with van der Waals surface area (Å²) >= 11 is 0. The van der Waals surface area contributed by atoms with Crippen molar-refractivity contribution in [2.24, 2.45) is 0 Å². The summed E-state index contributed by atoms with van der Waals surface area (Å²) in [6.45, 7) is 8.58. The zero-order chi connectivity index (χ0) is 29.1. The highest BCUT2D eigenvalue weighted by atomic mass is 19.1. The highest BCUT2D eigenvalue weighted by molar-refractivity contribution is 5.95. The van der Waals surface area contributed by atoms with Gasteiger partial charge in [0.25, 0.3) is 11.8 Å². The topological polar surface area (TPSA) is 105 Å². The van der Waals surface area contributed by atoms with Crippen molar-refractivity contribution in [2.75, 3.05) is 39.4 Å². The Kier molecular flexibility index (Phi) is 8.53. The number of likely N-dealkylation sites (tertiary alicyclic amines) is 1. The number of rotatable bonds is 5. The fraction of sp³-hybridized carbons (Fsp3) is 0.567. The van der Waals surface area contributed by atoms with E-state index in [1.165, 1.54) is 24.5 Å². The third kappa shape index (κ3) is 7.01. The van der Waals surface area contributed by atoms with Gasteiger partial charge in [0.15, 0.2) is 5.82 Å². The van der Waals surface area contributed by atoms with Crippen LogP contribution in [0.5, 0.6) is 0 Å². The van der Waals surface area contributed by atoms with Crippen LogP contribution in [-0.2, 0) is 9.47 Å². The van der Waals surface area contributed by atoms with Crippen molar-refractivity contribution in [1.82, 2.24) is 24.7 Å². The minimum atomic E-state index is -0.640. The smallest absolute Gasteiger partial charge is 0.410 e. The van der Waals surface area contributed by atoms with Crippen LogP contribution in [0.3, 0.4) is 0 Å². The Morgan fingerprint density at radius 3 is 2.27 bits per heavy atom. The Balaban J connectivity index is 1.23. The minimum absolute atomic E-state index is 0.000222. The number of hydrogen-bond acceptors (Lipinski definition) is 7. The molecule has 220 valence electrons. The van der Waals surface area contributed by atoms with Crippen LogP contribution >= 0.6 is 0 Å². The van der Waals surface area contributed by atoms with Crippen molar-refractivity contribution in [3.8, 4) is 11.4 Å². The molecule has 1 aromatic heterocycles. The van der Waals surface area contributed by atoms with Crippen molar-refractivity contribution in [3.63, 3.8) is 0 Å². The number of carbonyl (C=O) groups is 3. The first-order chi connectivity index (χ1) is 19.6. The summed E-state index contributed by atoms with van der Waals surface area (Å²) in [5.41, 5.74) is 0.237. The average Bonchev–Trinajstić information content (AvgIpc) is 3.80. The van der Waals surface area contributed by atoms with Crippen molar-refractivity contribution < 1.29 is 28.2 Å². The highest BCUT2D eigenvalue weighted by Gasteiger charge is 2.40. The van der Waals surface area contributed by atoms with Crippen molar-refractivity contribution >= 4 is 17.9 Å². The maximum Gasteiger partial charge on any atom is 0.410 e. The Labute approximate surface area is 239 Å². The van der Waals surface area contributed by atoms with Crippen molar-refractivity contribution in [3.05, 3.63) is 47.5 Å². The lowest BCUT2D eigenvalue weighted by molar-refractivity contribution is 0.0142. The normalized spacial score (nSPS) is 18.5. The summed E-state index contributed by atoms with van der Waals surface area (Å²) < 4.78 is 25.9. The number of halogens is 1. The second-order valence-corrected chi connectivity index (χ2v) is 11.9. The molecule has 0 spiro atoms. The standard InChI is InChI=1S/C30H38FN5O5/c1-30(2,3)41-29(39)35-12-9-23(10-13-35)36(22-6-7-22)27(37)21-18-32-26(33-19-21)20-5-8-24(25(31)17-20)28(38)34-11-4-15-40-16-14-34/h5,8,17-19,22-23H,4,6-7,9-16H2,1-3H3. The van der Waals surface area contributed by atoms with E-state index in [1.807, 2.05) is 25.7 Å². The number of nitrogens with zero attached hydrogens (tertiary/aromatic N) is 5. The molecule has 3 aliphatic rings. The Morgan fingerprint density at radius 1 is 0.951 bits per heavy atom. The van der Waals surface area contributed by atoms with E-state index in [0.717, 1.165) is 12.8 Å². The fourth-order valence-electron chi connectivity index (χ4n) is 5.32. The van der Waals surface area contributed by atoms with Crippen molar-refractivity contribution in [1.29, 1.82) is 0 Å². The second-order valence-electron chi connectivity index (χ2n) is 11.9. The molecule has 1 aliphatic carbocycles. The zero-order valence-corrected chi connectivity index (χ0v) is 24.0.